The van der Waals surface area contributed by atoms with Crippen LogP contribution in [-0.4, -0.2) is 69.3 Å². The number of aryl methyl sites for hydroxylation is 2. The molecule has 3 aliphatic heterocycles. The number of thiazole rings is 1. The molecule has 1 aliphatic carbocycles. The van der Waals surface area contributed by atoms with E-state index in [1.165, 1.54) is 34.8 Å². The first kappa shape index (κ1) is 19.0. The van der Waals surface area contributed by atoms with Crippen molar-refractivity contribution in [2.24, 2.45) is 0 Å². The standard InChI is InChI=1S/C21H31N3O3S/c1-14(25)20(26)24-15-6-7-16(24)11-21(10-15)13-23(8-9-27-21)12-19-22-17-4-2-3-5-18(17)28-19/h14-16,25H,2-13H2,1H3/t14?,15-,16+,21?. The molecule has 7 heteroatoms. The van der Waals surface area contributed by atoms with E-state index in [0.29, 0.717) is 0 Å². The second-order valence-electron chi connectivity index (χ2n) is 9.14. The molecule has 154 valence electrons. The number of amides is 1. The van der Waals surface area contributed by atoms with Crippen LogP contribution in [0.25, 0.3) is 0 Å². The van der Waals surface area contributed by atoms with Gasteiger partial charge >= 0.3 is 0 Å². The van der Waals surface area contributed by atoms with Crippen molar-refractivity contribution in [1.82, 2.24) is 14.8 Å². The molecule has 1 aromatic heterocycles. The zero-order chi connectivity index (χ0) is 19.3. The fourth-order valence-corrected chi connectivity index (χ4v) is 7.05. The largest absolute Gasteiger partial charge is 0.384 e. The summed E-state index contributed by atoms with van der Waals surface area (Å²) in [5.41, 5.74) is 1.20. The zero-order valence-corrected chi connectivity index (χ0v) is 17.5. The van der Waals surface area contributed by atoms with E-state index in [4.69, 9.17) is 9.72 Å². The molecule has 3 saturated heterocycles. The van der Waals surface area contributed by atoms with E-state index in [1.807, 2.05) is 16.2 Å². The molecule has 3 fully saturated rings. The van der Waals surface area contributed by atoms with Gasteiger partial charge in [-0.25, -0.2) is 4.98 Å². The SMILES string of the molecule is CC(O)C(=O)N1[C@@H]2CC[C@H]1CC1(C2)CN(Cc2nc3c(s2)CCCC3)CCO1. The smallest absolute Gasteiger partial charge is 0.251 e. The van der Waals surface area contributed by atoms with Crippen LogP contribution in [0.5, 0.6) is 0 Å². The Morgan fingerprint density at radius 1 is 1.32 bits per heavy atom. The maximum absolute atomic E-state index is 12.4. The predicted molar refractivity (Wildman–Crippen MR) is 107 cm³/mol. The number of carbonyl (C=O) groups excluding carboxylic acids is 1. The Bertz CT molecular complexity index is 712. The molecule has 4 aliphatic rings. The number of aromatic nitrogens is 1. The monoisotopic (exact) mass is 405 g/mol. The Labute approximate surface area is 170 Å². The molecule has 5 rings (SSSR count). The zero-order valence-electron chi connectivity index (χ0n) is 16.7. The Morgan fingerprint density at radius 2 is 2.07 bits per heavy atom. The molecular weight excluding hydrogens is 374 g/mol. The van der Waals surface area contributed by atoms with Crippen molar-refractivity contribution < 1.29 is 14.6 Å². The molecule has 2 bridgehead atoms. The Kier molecular flexibility index (Phi) is 4.98. The molecule has 4 heterocycles. The van der Waals surface area contributed by atoms with E-state index in [2.05, 4.69) is 4.90 Å². The number of aliphatic hydroxyl groups excluding tert-OH is 1. The quantitative estimate of drug-likeness (QED) is 0.835. The minimum Gasteiger partial charge on any atom is -0.384 e. The molecule has 6 nitrogen and oxygen atoms in total. The second kappa shape index (κ2) is 7.35. The van der Waals surface area contributed by atoms with Crippen molar-refractivity contribution in [3.63, 3.8) is 0 Å². The van der Waals surface area contributed by atoms with E-state index in [-0.39, 0.29) is 23.6 Å². The molecule has 0 radical (unpaired) electrons. The molecule has 2 unspecified atom stereocenters. The minimum absolute atomic E-state index is 0.108. The Hall–Kier alpha value is -1.02. The second-order valence-corrected chi connectivity index (χ2v) is 10.3. The molecule has 0 aromatic carbocycles. The summed E-state index contributed by atoms with van der Waals surface area (Å²) in [5, 5.41) is 11.0. The lowest BCUT2D eigenvalue weighted by Gasteiger charge is -2.50. The third-order valence-electron chi connectivity index (χ3n) is 7.02. The van der Waals surface area contributed by atoms with Gasteiger partial charge in [0.25, 0.3) is 5.91 Å². The van der Waals surface area contributed by atoms with Crippen molar-refractivity contribution in [2.75, 3.05) is 19.7 Å². The summed E-state index contributed by atoms with van der Waals surface area (Å²) >= 11 is 1.91. The van der Waals surface area contributed by atoms with Crippen LogP contribution in [0.2, 0.25) is 0 Å². The van der Waals surface area contributed by atoms with Gasteiger partial charge in [-0.15, -0.1) is 11.3 Å². The summed E-state index contributed by atoms with van der Waals surface area (Å²) in [6.07, 6.45) is 7.89. The number of fused-ring (bicyclic) bond motifs is 3. The normalized spacial score (nSPS) is 33.9. The summed E-state index contributed by atoms with van der Waals surface area (Å²) in [7, 11) is 0. The summed E-state index contributed by atoms with van der Waals surface area (Å²) < 4.78 is 6.37. The highest BCUT2D eigenvalue weighted by atomic mass is 32.1. The van der Waals surface area contributed by atoms with Crippen molar-refractivity contribution in [3.05, 3.63) is 15.6 Å². The van der Waals surface area contributed by atoms with Crippen molar-refractivity contribution >= 4 is 17.2 Å². The van der Waals surface area contributed by atoms with Crippen LogP contribution in [0.1, 0.15) is 61.0 Å². The van der Waals surface area contributed by atoms with Gasteiger partial charge in [-0.1, -0.05) is 0 Å². The highest BCUT2D eigenvalue weighted by Gasteiger charge is 2.52. The predicted octanol–water partition coefficient (Wildman–Crippen LogP) is 2.13. The number of morpholine rings is 1. The lowest BCUT2D eigenvalue weighted by atomic mass is 9.84. The number of carbonyl (C=O) groups is 1. The van der Waals surface area contributed by atoms with Gasteiger partial charge in [0.2, 0.25) is 0 Å². The number of nitrogens with zero attached hydrogens (tertiary/aromatic N) is 3. The van der Waals surface area contributed by atoms with Crippen molar-refractivity contribution in [2.45, 2.75) is 88.6 Å². The Morgan fingerprint density at radius 3 is 2.79 bits per heavy atom. The highest BCUT2D eigenvalue weighted by Crippen LogP contribution is 2.44. The fraction of sp³-hybridized carbons (Fsp3) is 0.810. The molecular formula is C21H31N3O3S. The fourth-order valence-electron chi connectivity index (χ4n) is 5.85. The number of piperidine rings is 1. The van der Waals surface area contributed by atoms with Crippen LogP contribution in [0, 0.1) is 0 Å². The van der Waals surface area contributed by atoms with Gasteiger partial charge in [-0.05, 0) is 58.3 Å². The van der Waals surface area contributed by atoms with Gasteiger partial charge in [-0.2, -0.15) is 0 Å². The molecule has 0 saturated carbocycles. The number of rotatable bonds is 3. The maximum Gasteiger partial charge on any atom is 0.251 e. The van der Waals surface area contributed by atoms with Gasteiger partial charge in [-0.3, -0.25) is 9.69 Å². The maximum atomic E-state index is 12.4. The van der Waals surface area contributed by atoms with Gasteiger partial charge in [0.05, 0.1) is 24.4 Å². The van der Waals surface area contributed by atoms with Crippen LogP contribution >= 0.6 is 11.3 Å². The number of aliphatic hydroxyl groups is 1. The first-order valence-electron chi connectivity index (χ1n) is 10.9. The summed E-state index contributed by atoms with van der Waals surface area (Å²) in [5.74, 6) is -0.108. The molecule has 1 spiro atoms. The van der Waals surface area contributed by atoms with E-state index in [0.717, 1.165) is 58.3 Å². The van der Waals surface area contributed by atoms with Gasteiger partial charge in [0, 0.05) is 30.1 Å². The van der Waals surface area contributed by atoms with Crippen LogP contribution in [0.3, 0.4) is 0 Å². The average molecular weight is 406 g/mol. The minimum atomic E-state index is -0.906. The topological polar surface area (TPSA) is 65.9 Å². The van der Waals surface area contributed by atoms with Gasteiger partial charge in [0.1, 0.15) is 11.1 Å². The summed E-state index contributed by atoms with van der Waals surface area (Å²) in [6, 6.07) is 0.431. The summed E-state index contributed by atoms with van der Waals surface area (Å²) in [4.78, 5) is 23.4. The number of ether oxygens (including phenoxy) is 1. The van der Waals surface area contributed by atoms with E-state index < -0.39 is 6.10 Å². The molecule has 28 heavy (non-hydrogen) atoms. The van der Waals surface area contributed by atoms with E-state index in [1.54, 1.807) is 6.92 Å². The molecule has 1 aromatic rings. The van der Waals surface area contributed by atoms with Crippen LogP contribution in [0.4, 0.5) is 0 Å². The number of hydrogen-bond donors (Lipinski definition) is 1. The lowest BCUT2D eigenvalue weighted by Crippen LogP contribution is -2.61. The molecule has 1 amide bonds. The first-order valence-corrected chi connectivity index (χ1v) is 11.7. The van der Waals surface area contributed by atoms with Crippen molar-refractivity contribution in [3.8, 4) is 0 Å². The average Bonchev–Trinajstić information content (AvgIpc) is 3.19. The van der Waals surface area contributed by atoms with Crippen LogP contribution < -0.4 is 0 Å². The van der Waals surface area contributed by atoms with Gasteiger partial charge in [0.15, 0.2) is 0 Å². The lowest BCUT2D eigenvalue weighted by molar-refractivity contribution is -0.167. The molecule has 4 atom stereocenters. The third-order valence-corrected chi connectivity index (χ3v) is 8.17. The third kappa shape index (κ3) is 3.40. The summed E-state index contributed by atoms with van der Waals surface area (Å²) in [6.45, 7) is 5.15. The first-order chi connectivity index (χ1) is 13.5. The highest BCUT2D eigenvalue weighted by molar-refractivity contribution is 7.11. The van der Waals surface area contributed by atoms with E-state index in [9.17, 15) is 9.90 Å². The Balaban J connectivity index is 1.27. The van der Waals surface area contributed by atoms with Gasteiger partial charge < -0.3 is 14.7 Å². The van der Waals surface area contributed by atoms with Crippen molar-refractivity contribution in [1.29, 1.82) is 0 Å². The number of hydrogen-bond acceptors (Lipinski definition) is 6. The van der Waals surface area contributed by atoms with E-state index >= 15 is 0 Å². The van der Waals surface area contributed by atoms with Crippen LogP contribution in [0.15, 0.2) is 0 Å². The van der Waals surface area contributed by atoms with Crippen LogP contribution in [-0.2, 0) is 28.9 Å². The molecule has 1 N–H and O–H groups in total.